The molecular weight excluding hydrogens is 1590 g/mol. The molecule has 32 nitrogen and oxygen atoms in total. The Morgan fingerprint density at radius 2 is 1.07 bits per heavy atom. The average Bonchev–Trinajstić information content (AvgIpc) is 1.53. The number of thioether (sulfide) groups is 1. The third kappa shape index (κ3) is 27.1. The molecule has 0 spiro atoms. The Morgan fingerprint density at radius 1 is 0.550 bits per heavy atom. The first-order valence-corrected chi connectivity index (χ1v) is 44.3. The average molecular weight is 1710 g/mol. The van der Waals surface area contributed by atoms with Gasteiger partial charge in [-0.25, -0.2) is 4.79 Å². The first kappa shape index (κ1) is 93.0. The Labute approximate surface area is 715 Å². The van der Waals surface area contributed by atoms with E-state index in [1.54, 1.807) is 67.3 Å². The highest BCUT2D eigenvalue weighted by Gasteiger charge is 2.42. The van der Waals surface area contributed by atoms with Crippen molar-refractivity contribution in [3.05, 3.63) is 137 Å². The van der Waals surface area contributed by atoms with E-state index < -0.39 is 108 Å². The second-order valence-electron chi connectivity index (χ2n) is 31.7. The number of aromatic hydroxyl groups is 1. The quantitative estimate of drug-likeness (QED) is 0.0185. The number of carbonyl (C=O) groups is 11. The fourth-order valence-corrected chi connectivity index (χ4v) is 17.8. The number of hydrogen-bond acceptors (Lipinski definition) is 22. The number of piperazine rings is 2. The highest BCUT2D eigenvalue weighted by atomic mass is 32.2. The van der Waals surface area contributed by atoms with Crippen LogP contribution in [-0.2, 0) is 78.4 Å². The Bertz CT molecular complexity index is 4410. The topological polar surface area (TPSA) is 443 Å². The van der Waals surface area contributed by atoms with Crippen LogP contribution in [0.15, 0.2) is 109 Å². The number of phenols is 1. The predicted molar refractivity (Wildman–Crippen MR) is 467 cm³/mol. The molecule has 0 bridgehead atoms. The van der Waals surface area contributed by atoms with E-state index in [-0.39, 0.29) is 74.3 Å². The minimum atomic E-state index is -1.70. The van der Waals surface area contributed by atoms with Crippen molar-refractivity contribution in [3.63, 3.8) is 0 Å². The fraction of sp³-hybridized carbons (Fsp3) is 0.541. The molecule has 1 aliphatic carbocycles. The van der Waals surface area contributed by atoms with Gasteiger partial charge in [-0.2, -0.15) is 37.0 Å². The van der Waals surface area contributed by atoms with Crippen molar-refractivity contribution in [1.82, 2.24) is 87.6 Å². The van der Waals surface area contributed by atoms with Crippen molar-refractivity contribution in [2.24, 2.45) is 11.7 Å². The first-order chi connectivity index (χ1) is 57.9. The van der Waals surface area contributed by atoms with Crippen LogP contribution in [0.1, 0.15) is 93.0 Å². The van der Waals surface area contributed by atoms with E-state index in [0.29, 0.717) is 116 Å². The Hall–Kier alpha value is -9.30. The molecule has 652 valence electrons. The Balaban J connectivity index is 0.681. The van der Waals surface area contributed by atoms with E-state index in [2.05, 4.69) is 139 Å². The molecule has 17 N–H and O–H groups in total. The number of rotatable bonds is 46. The van der Waals surface area contributed by atoms with Gasteiger partial charge < -0.3 is 84.2 Å². The summed E-state index contributed by atoms with van der Waals surface area (Å²) in [6, 6.07) is 18.1. The number of likely N-dealkylation sites (tertiary alicyclic amines) is 1. The maximum absolute atomic E-state index is 15.1. The molecule has 3 fully saturated rings. The van der Waals surface area contributed by atoms with Crippen LogP contribution in [0.5, 0.6) is 5.75 Å². The van der Waals surface area contributed by atoms with Gasteiger partial charge in [-0.1, -0.05) is 86.6 Å². The van der Waals surface area contributed by atoms with E-state index in [4.69, 9.17) is 5.73 Å². The van der Waals surface area contributed by atoms with Gasteiger partial charge in [0.05, 0.1) is 24.9 Å². The molecule has 2 unspecified atom stereocenters. The van der Waals surface area contributed by atoms with Gasteiger partial charge in [-0.15, -0.1) is 0 Å². The van der Waals surface area contributed by atoms with Crippen LogP contribution in [0.3, 0.4) is 0 Å². The molecule has 5 heterocycles. The second kappa shape index (κ2) is 46.6. The van der Waals surface area contributed by atoms with Gasteiger partial charge in [0.2, 0.25) is 59.1 Å². The predicted octanol–water partition coefficient (Wildman–Crippen LogP) is 0.766. The summed E-state index contributed by atoms with van der Waals surface area (Å²) in [6.45, 7) is 15.5. The number of nitrogens with two attached hydrogens (primary N) is 1. The maximum Gasteiger partial charge on any atom is 0.328 e. The number of aliphatic hydroxyl groups excluding tert-OH is 1. The SMILES string of the molecule is CCCN1C[C@H](CSCC(=O)NCCN2CCN(CC(=O)NCCN3CCN(CC(=O)N[C@H](Cc4ccccc4)C(=O)N[C@@H](CS)C(=O)N[C@@H](Cc4ccc(O)cc4)C(=O)N[C@H](Cc4c[nH]c5ccccc45)C(=O)N[C@@H](CCCCN)C(=O)N[C@@H](CC)C(=O)N[C@@H](CS)C(=O)N[C@H](C(=O)O)[C@@H](C)O)CC3)CC2)CC2c3cccc4[nH]cc(c34)CC21. The van der Waals surface area contributed by atoms with Crippen molar-refractivity contribution >= 4 is 124 Å². The summed E-state index contributed by atoms with van der Waals surface area (Å²) in [4.78, 5) is 171. The zero-order valence-electron chi connectivity index (χ0n) is 68.7. The highest BCUT2D eigenvalue weighted by molar-refractivity contribution is 7.99. The Kier molecular flexibility index (Phi) is 36.1. The van der Waals surface area contributed by atoms with E-state index >= 15 is 4.79 Å². The molecule has 0 radical (unpaired) electrons. The molecule has 35 heteroatoms. The van der Waals surface area contributed by atoms with Gasteiger partial charge in [0.15, 0.2) is 6.04 Å². The number of amides is 10. The summed E-state index contributed by atoms with van der Waals surface area (Å²) in [7, 11) is 0. The lowest BCUT2D eigenvalue weighted by molar-refractivity contribution is -0.145. The van der Waals surface area contributed by atoms with Crippen LogP contribution >= 0.6 is 37.0 Å². The number of aliphatic carboxylic acids is 1. The number of nitrogens with zero attached hydrogens (tertiary/aromatic N) is 5. The molecule has 10 rings (SSSR count). The van der Waals surface area contributed by atoms with Gasteiger partial charge in [-0.05, 0) is 129 Å². The van der Waals surface area contributed by atoms with E-state index in [9.17, 15) is 63.3 Å². The molecule has 4 aliphatic rings. The molecule has 3 saturated heterocycles. The third-order valence-corrected chi connectivity index (χ3v) is 24.8. The molecule has 2 aromatic heterocycles. The largest absolute Gasteiger partial charge is 0.508 e. The summed E-state index contributed by atoms with van der Waals surface area (Å²) in [5.41, 5.74) is 12.5. The number of hydrogen-bond donors (Lipinski definition) is 18. The van der Waals surface area contributed by atoms with Crippen molar-refractivity contribution in [3.8, 4) is 5.75 Å². The molecule has 4 aromatic carbocycles. The van der Waals surface area contributed by atoms with Gasteiger partial charge in [0.1, 0.15) is 48.0 Å². The standard InChI is InChI=1S/C85H120N18O14S3/c1-4-28-103-46-56(39-62-61-17-13-20-65-76(61)58(45-90-65)43-72(62)103)51-120-52-75(108)88-27-30-100-31-35-101(36-32-100)47-73(106)87-26-29-99-33-37-102(38-34-99)48-74(107)91-67(40-54-14-7-6-8-15-54)80(111)97-70(49-118)83(114)94-68(41-55-21-23-59(105)24-22-55)81(112)95-69(42-57-44-89-64-18-10-9-16-60(57)64)82(113)93-66(19-11-12-25-86)79(110)92-63(5-2)78(109)96-71(50-119)84(115)98-77(53(3)104)85(116)117/h6-10,13-18,20-24,44-45,53,56,62-63,66-72,77,89-90,104-105,118-119H,4-5,11-12,19,25-43,46-52,86H2,1-3H3,(H,87,106)(H,88,108)(H,91,107)(H,92,110)(H,93,113)(H,94,114)(H,95,112)(H,96,109)(H,97,111)(H,98,115)(H,116,117)/t53-,56-,62?,63+,66+,67-,68+,69-,70+,71+,72?,77+/m1/s1. The molecule has 3 aliphatic heterocycles. The summed E-state index contributed by atoms with van der Waals surface area (Å²) >= 11 is 10.4. The van der Waals surface area contributed by atoms with Crippen LogP contribution in [0.2, 0.25) is 0 Å². The molecule has 6 aromatic rings. The van der Waals surface area contributed by atoms with E-state index in [0.717, 1.165) is 70.8 Å². The van der Waals surface area contributed by atoms with E-state index in [1.165, 1.54) is 41.1 Å². The van der Waals surface area contributed by atoms with Gasteiger partial charge in [0.25, 0.3) is 0 Å². The van der Waals surface area contributed by atoms with Crippen LogP contribution in [0.4, 0.5) is 0 Å². The lowest BCUT2D eigenvalue weighted by atomic mass is 9.72. The van der Waals surface area contributed by atoms with Crippen molar-refractivity contribution in [2.75, 3.05) is 134 Å². The smallest absolute Gasteiger partial charge is 0.328 e. The van der Waals surface area contributed by atoms with Crippen LogP contribution in [0.25, 0.3) is 21.8 Å². The number of benzene rings is 4. The number of para-hydroxylation sites is 1. The number of nitrogens with one attached hydrogen (secondary N) is 12. The Morgan fingerprint density at radius 3 is 1.68 bits per heavy atom. The van der Waals surface area contributed by atoms with Crippen LogP contribution in [-0.4, -0.2) is 310 Å². The second-order valence-corrected chi connectivity index (χ2v) is 33.5. The maximum atomic E-state index is 15.1. The lowest BCUT2D eigenvalue weighted by Crippen LogP contribution is -2.61. The van der Waals surface area contributed by atoms with Crippen molar-refractivity contribution < 1.29 is 68.1 Å². The molecule has 0 saturated carbocycles. The first-order valence-electron chi connectivity index (χ1n) is 41.9. The number of carboxylic acid groups (broad SMARTS) is 1. The minimum Gasteiger partial charge on any atom is -0.508 e. The number of carboxylic acids is 1. The van der Waals surface area contributed by atoms with Crippen molar-refractivity contribution in [2.45, 2.75) is 151 Å². The number of aromatic nitrogens is 2. The normalized spacial score (nSPS) is 18.8. The van der Waals surface area contributed by atoms with Crippen molar-refractivity contribution in [1.29, 1.82) is 0 Å². The summed E-state index contributed by atoms with van der Waals surface area (Å²) < 4.78 is 0. The number of aromatic amines is 2. The number of unbranched alkanes of at least 4 members (excludes halogenated alkanes) is 1. The minimum absolute atomic E-state index is 0.0101. The number of aliphatic hydroxyl groups is 1. The van der Waals surface area contributed by atoms with Gasteiger partial charge in [-0.3, -0.25) is 72.4 Å². The molecule has 12 atom stereocenters. The number of fused-ring (bicyclic) bond motifs is 3. The fourth-order valence-electron chi connectivity index (χ4n) is 16.3. The summed E-state index contributed by atoms with van der Waals surface area (Å²) in [6.07, 6.45) is 6.17. The highest BCUT2D eigenvalue weighted by Crippen LogP contribution is 2.45. The van der Waals surface area contributed by atoms with Gasteiger partial charge >= 0.3 is 5.97 Å². The monoisotopic (exact) mass is 1710 g/mol. The summed E-state index contributed by atoms with van der Waals surface area (Å²) in [5, 5.41) is 59.4. The van der Waals surface area contributed by atoms with Crippen LogP contribution in [0, 0.1) is 5.92 Å². The summed E-state index contributed by atoms with van der Waals surface area (Å²) in [5.74, 6) is -6.01. The lowest BCUT2D eigenvalue weighted by Gasteiger charge is -2.47. The molecule has 120 heavy (non-hydrogen) atoms. The number of piperidine rings is 1. The van der Waals surface area contributed by atoms with E-state index in [1.807, 2.05) is 29.2 Å². The zero-order chi connectivity index (χ0) is 85.8. The molecular formula is C85H120N18O14S3. The van der Waals surface area contributed by atoms with Crippen LogP contribution < -0.4 is 58.9 Å². The number of carbonyl (C=O) groups excluding carboxylic acids is 10. The van der Waals surface area contributed by atoms with Gasteiger partial charge in [0, 0.05) is 162 Å². The zero-order valence-corrected chi connectivity index (χ0v) is 71.3. The number of thiol groups is 2. The molecule has 10 amide bonds. The third-order valence-electron chi connectivity index (χ3n) is 22.9. The number of phenolic OH excluding ortho intramolecular Hbond substituents is 1. The number of H-pyrrole nitrogens is 2.